The molecule has 2 aliphatic rings. The number of carbonyl (C=O) groups excluding carboxylic acids is 3. The van der Waals surface area contributed by atoms with Gasteiger partial charge in [0.1, 0.15) is 13.2 Å². The van der Waals surface area contributed by atoms with Crippen LogP contribution < -0.4 is 20.1 Å². The van der Waals surface area contributed by atoms with Crippen LogP contribution in [0.2, 0.25) is 0 Å². The van der Waals surface area contributed by atoms with Crippen LogP contribution in [0.4, 0.5) is 5.69 Å². The van der Waals surface area contributed by atoms with Crippen LogP contribution in [-0.2, 0) is 20.7 Å². The predicted octanol–water partition coefficient (Wildman–Crippen LogP) is 2.32. The highest BCUT2D eigenvalue weighted by atomic mass is 16.6. The molecule has 0 bridgehead atoms. The van der Waals surface area contributed by atoms with E-state index in [1.54, 1.807) is 24.3 Å². The van der Waals surface area contributed by atoms with E-state index in [4.69, 9.17) is 14.2 Å². The van der Waals surface area contributed by atoms with Gasteiger partial charge in [0.15, 0.2) is 18.1 Å². The monoisotopic (exact) mass is 424 g/mol. The Kier molecular flexibility index (Phi) is 6.35. The fourth-order valence-electron chi connectivity index (χ4n) is 3.13. The minimum atomic E-state index is -0.595. The van der Waals surface area contributed by atoms with Gasteiger partial charge in [0, 0.05) is 18.2 Å². The molecule has 1 aliphatic heterocycles. The first-order valence-electron chi connectivity index (χ1n) is 10.3. The lowest BCUT2D eigenvalue weighted by Gasteiger charge is -2.18. The van der Waals surface area contributed by atoms with Crippen molar-refractivity contribution in [2.24, 2.45) is 5.92 Å². The summed E-state index contributed by atoms with van der Waals surface area (Å²) in [6.45, 7) is 1.12. The lowest BCUT2D eigenvalue weighted by Crippen LogP contribution is -2.30. The Balaban J connectivity index is 1.17. The van der Waals surface area contributed by atoms with Crippen LogP contribution in [-0.4, -0.2) is 44.1 Å². The largest absolute Gasteiger partial charge is 0.486 e. The van der Waals surface area contributed by atoms with Crippen LogP contribution >= 0.6 is 0 Å². The zero-order valence-electron chi connectivity index (χ0n) is 17.0. The van der Waals surface area contributed by atoms with E-state index in [0.717, 1.165) is 24.2 Å². The summed E-state index contributed by atoms with van der Waals surface area (Å²) in [6.07, 6.45) is 2.47. The third-order valence-electron chi connectivity index (χ3n) is 5.01. The molecule has 4 rings (SSSR count). The van der Waals surface area contributed by atoms with E-state index in [0.29, 0.717) is 43.2 Å². The van der Waals surface area contributed by atoms with Crippen molar-refractivity contribution in [3.63, 3.8) is 0 Å². The molecule has 1 aliphatic carbocycles. The third kappa shape index (κ3) is 5.75. The van der Waals surface area contributed by atoms with Crippen LogP contribution in [0, 0.1) is 5.92 Å². The highest BCUT2D eigenvalue weighted by Gasteiger charge is 2.29. The minimum Gasteiger partial charge on any atom is -0.486 e. The number of hydrogen-bond acceptors (Lipinski definition) is 6. The zero-order valence-corrected chi connectivity index (χ0v) is 17.0. The molecule has 162 valence electrons. The lowest BCUT2D eigenvalue weighted by atomic mass is 10.1. The molecule has 8 heteroatoms. The number of fused-ring (bicyclic) bond motifs is 1. The molecule has 0 spiro atoms. The molecule has 2 N–H and O–H groups in total. The molecule has 1 saturated carbocycles. The van der Waals surface area contributed by atoms with E-state index < -0.39 is 5.97 Å². The second-order valence-corrected chi connectivity index (χ2v) is 7.49. The Labute approximate surface area is 179 Å². The third-order valence-corrected chi connectivity index (χ3v) is 5.01. The number of esters is 1. The molecule has 0 saturated heterocycles. The molecule has 0 aromatic heterocycles. The summed E-state index contributed by atoms with van der Waals surface area (Å²) in [6, 6.07) is 12.1. The van der Waals surface area contributed by atoms with Crippen molar-refractivity contribution >= 4 is 23.5 Å². The van der Waals surface area contributed by atoms with Gasteiger partial charge in [-0.1, -0.05) is 6.07 Å². The smallest absolute Gasteiger partial charge is 0.338 e. The van der Waals surface area contributed by atoms with Gasteiger partial charge in [0.2, 0.25) is 5.91 Å². The van der Waals surface area contributed by atoms with Gasteiger partial charge in [-0.05, 0) is 61.2 Å². The highest BCUT2D eigenvalue weighted by Crippen LogP contribution is 2.31. The number of benzene rings is 2. The first-order valence-corrected chi connectivity index (χ1v) is 10.3. The van der Waals surface area contributed by atoms with E-state index in [9.17, 15) is 14.4 Å². The van der Waals surface area contributed by atoms with Gasteiger partial charge in [-0.2, -0.15) is 0 Å². The quantitative estimate of drug-likeness (QED) is 0.631. The van der Waals surface area contributed by atoms with Crippen LogP contribution in [0.5, 0.6) is 11.5 Å². The van der Waals surface area contributed by atoms with Crippen LogP contribution in [0.3, 0.4) is 0 Å². The number of hydrogen-bond donors (Lipinski definition) is 2. The Morgan fingerprint density at radius 2 is 1.71 bits per heavy atom. The Morgan fingerprint density at radius 1 is 0.968 bits per heavy atom. The van der Waals surface area contributed by atoms with E-state index in [1.165, 1.54) is 0 Å². The molecule has 0 radical (unpaired) electrons. The van der Waals surface area contributed by atoms with Crippen molar-refractivity contribution in [3.05, 3.63) is 53.6 Å². The Morgan fingerprint density at radius 3 is 2.45 bits per heavy atom. The summed E-state index contributed by atoms with van der Waals surface area (Å²) < 4.78 is 16.1. The van der Waals surface area contributed by atoms with Gasteiger partial charge in [0.25, 0.3) is 5.91 Å². The molecule has 0 atom stereocenters. The van der Waals surface area contributed by atoms with Crippen LogP contribution in [0.25, 0.3) is 0 Å². The Bertz CT molecular complexity index is 969. The Hall–Kier alpha value is -3.55. The number of ether oxygens (including phenoxy) is 3. The molecule has 2 amide bonds. The molecular formula is C23H24N2O6. The summed E-state index contributed by atoms with van der Waals surface area (Å²) in [4.78, 5) is 35.8. The number of nitrogens with one attached hydrogen (secondary N) is 2. The summed E-state index contributed by atoms with van der Waals surface area (Å²) in [5, 5.41) is 5.53. The van der Waals surface area contributed by atoms with Gasteiger partial charge in [-0.3, -0.25) is 9.59 Å². The molecule has 0 unspecified atom stereocenters. The normalized spacial score (nSPS) is 14.5. The van der Waals surface area contributed by atoms with Crippen molar-refractivity contribution < 1.29 is 28.6 Å². The number of amides is 2. The predicted molar refractivity (Wildman–Crippen MR) is 112 cm³/mol. The molecule has 2 aromatic rings. The maximum atomic E-state index is 12.1. The number of anilines is 1. The van der Waals surface area contributed by atoms with Crippen molar-refractivity contribution in [1.29, 1.82) is 0 Å². The molecule has 1 heterocycles. The fraction of sp³-hybridized carbons (Fsp3) is 0.348. The molecular weight excluding hydrogens is 400 g/mol. The summed E-state index contributed by atoms with van der Waals surface area (Å²) in [5.41, 5.74) is 1.95. The second kappa shape index (κ2) is 9.51. The summed E-state index contributed by atoms with van der Waals surface area (Å²) in [5.74, 6) is 0.577. The van der Waals surface area contributed by atoms with Gasteiger partial charge in [-0.25, -0.2) is 4.79 Å². The SMILES string of the molecule is O=C(COC(=O)c1ccc(NC(=O)C2CC2)cc1)NCCc1ccc2c(c1)OCCO2. The van der Waals surface area contributed by atoms with E-state index in [2.05, 4.69) is 10.6 Å². The molecule has 2 aromatic carbocycles. The van der Waals surface area contributed by atoms with E-state index >= 15 is 0 Å². The van der Waals surface area contributed by atoms with Crippen molar-refractivity contribution in [2.45, 2.75) is 19.3 Å². The summed E-state index contributed by atoms with van der Waals surface area (Å²) >= 11 is 0. The van der Waals surface area contributed by atoms with Crippen molar-refractivity contribution in [1.82, 2.24) is 5.32 Å². The lowest BCUT2D eigenvalue weighted by molar-refractivity contribution is -0.124. The molecule has 8 nitrogen and oxygen atoms in total. The van der Waals surface area contributed by atoms with E-state index in [-0.39, 0.29) is 24.3 Å². The van der Waals surface area contributed by atoms with Gasteiger partial charge in [0.05, 0.1) is 5.56 Å². The maximum absolute atomic E-state index is 12.1. The standard InChI is InChI=1S/C23H24N2O6/c26-21(24-10-9-15-1-8-19-20(13-15)30-12-11-29-19)14-31-23(28)17-4-6-18(7-5-17)25-22(27)16-2-3-16/h1,4-8,13,16H,2-3,9-12,14H2,(H,24,26)(H,25,27). The van der Waals surface area contributed by atoms with Crippen LogP contribution in [0.15, 0.2) is 42.5 Å². The first kappa shape index (κ1) is 20.7. The van der Waals surface area contributed by atoms with E-state index in [1.807, 2.05) is 18.2 Å². The fourth-order valence-corrected chi connectivity index (χ4v) is 3.13. The summed E-state index contributed by atoms with van der Waals surface area (Å²) in [7, 11) is 0. The first-order chi connectivity index (χ1) is 15.1. The molecule has 1 fully saturated rings. The average molecular weight is 424 g/mol. The zero-order chi connectivity index (χ0) is 21.6. The van der Waals surface area contributed by atoms with Crippen molar-refractivity contribution in [2.75, 3.05) is 31.7 Å². The molecule has 31 heavy (non-hydrogen) atoms. The number of carbonyl (C=O) groups is 3. The van der Waals surface area contributed by atoms with Gasteiger partial charge >= 0.3 is 5.97 Å². The number of rotatable bonds is 8. The minimum absolute atomic E-state index is 0.00300. The average Bonchev–Trinajstić information content (AvgIpc) is 3.63. The van der Waals surface area contributed by atoms with Crippen molar-refractivity contribution in [3.8, 4) is 11.5 Å². The second-order valence-electron chi connectivity index (χ2n) is 7.49. The van der Waals surface area contributed by atoms with Gasteiger partial charge in [-0.15, -0.1) is 0 Å². The maximum Gasteiger partial charge on any atom is 0.338 e. The highest BCUT2D eigenvalue weighted by molar-refractivity contribution is 5.95. The van der Waals surface area contributed by atoms with Gasteiger partial charge < -0.3 is 24.8 Å². The topological polar surface area (TPSA) is 103 Å². The van der Waals surface area contributed by atoms with Crippen LogP contribution in [0.1, 0.15) is 28.8 Å².